The first-order chi connectivity index (χ1) is 9.74. The van der Waals surface area contributed by atoms with E-state index >= 15 is 0 Å². The Labute approximate surface area is 118 Å². The molecule has 1 atom stereocenters. The lowest BCUT2D eigenvalue weighted by Gasteiger charge is -2.21. The molecule has 0 unspecified atom stereocenters. The fourth-order valence-corrected chi connectivity index (χ4v) is 2.74. The van der Waals surface area contributed by atoms with Gasteiger partial charge in [0.1, 0.15) is 13.2 Å². The van der Waals surface area contributed by atoms with Crippen molar-refractivity contribution in [2.24, 2.45) is 5.73 Å². The molecular weight excluding hydrogens is 256 g/mol. The van der Waals surface area contributed by atoms with Crippen LogP contribution in [0.4, 0.5) is 0 Å². The zero-order valence-corrected chi connectivity index (χ0v) is 11.5. The lowest BCUT2D eigenvalue weighted by molar-refractivity contribution is 0.0941. The van der Waals surface area contributed by atoms with Crippen molar-refractivity contribution in [1.82, 2.24) is 4.90 Å². The van der Waals surface area contributed by atoms with Gasteiger partial charge in [0.05, 0.1) is 6.04 Å². The number of Topliss-reactive ketones (excluding diaryl/α,β-unsaturated/α-hetero) is 1. The fraction of sp³-hybridized carbons (Fsp3) is 0.533. The summed E-state index contributed by atoms with van der Waals surface area (Å²) >= 11 is 0. The van der Waals surface area contributed by atoms with Gasteiger partial charge in [-0.05, 0) is 44.1 Å². The average Bonchev–Trinajstić information content (AvgIpc) is 2.99. The van der Waals surface area contributed by atoms with Crippen LogP contribution in [0, 0.1) is 0 Å². The molecule has 2 aliphatic heterocycles. The first-order valence-corrected chi connectivity index (χ1v) is 7.16. The number of carbonyl (C=O) groups excluding carboxylic acids is 1. The number of benzene rings is 1. The van der Waals surface area contributed by atoms with Gasteiger partial charge in [0, 0.05) is 12.1 Å². The van der Waals surface area contributed by atoms with E-state index in [0.29, 0.717) is 36.8 Å². The number of carbonyl (C=O) groups is 1. The van der Waals surface area contributed by atoms with Crippen molar-refractivity contribution in [1.29, 1.82) is 0 Å². The molecule has 1 aromatic rings. The molecule has 20 heavy (non-hydrogen) atoms. The molecule has 0 amide bonds. The second-order valence-electron chi connectivity index (χ2n) is 5.34. The van der Waals surface area contributed by atoms with E-state index in [9.17, 15) is 4.79 Å². The smallest absolute Gasteiger partial charge is 0.180 e. The van der Waals surface area contributed by atoms with Crippen LogP contribution in [0.1, 0.15) is 23.2 Å². The van der Waals surface area contributed by atoms with Gasteiger partial charge in [-0.2, -0.15) is 0 Å². The lowest BCUT2D eigenvalue weighted by atomic mass is 10.0. The SMILES string of the molecule is N[C@H](CN1CCCC1)C(=O)c1ccc2c(c1)OCCO2. The van der Waals surface area contributed by atoms with Crippen molar-refractivity contribution in [3.63, 3.8) is 0 Å². The van der Waals surface area contributed by atoms with E-state index in [4.69, 9.17) is 15.2 Å². The topological polar surface area (TPSA) is 64.8 Å². The third kappa shape index (κ3) is 2.78. The highest BCUT2D eigenvalue weighted by molar-refractivity contribution is 6.00. The van der Waals surface area contributed by atoms with Crippen LogP contribution in [0.2, 0.25) is 0 Å². The van der Waals surface area contributed by atoms with E-state index in [1.807, 2.05) is 0 Å². The predicted octanol–water partition coefficient (Wildman–Crippen LogP) is 1.06. The highest BCUT2D eigenvalue weighted by Gasteiger charge is 2.22. The highest BCUT2D eigenvalue weighted by Crippen LogP contribution is 2.31. The van der Waals surface area contributed by atoms with Gasteiger partial charge in [-0.15, -0.1) is 0 Å². The second-order valence-corrected chi connectivity index (χ2v) is 5.34. The number of ether oxygens (including phenoxy) is 2. The first kappa shape index (κ1) is 13.4. The maximum absolute atomic E-state index is 12.4. The van der Waals surface area contributed by atoms with Gasteiger partial charge in [0.25, 0.3) is 0 Å². The van der Waals surface area contributed by atoms with Crippen LogP contribution in [0.5, 0.6) is 11.5 Å². The minimum atomic E-state index is -0.476. The Morgan fingerprint density at radius 3 is 2.65 bits per heavy atom. The summed E-state index contributed by atoms with van der Waals surface area (Å²) in [5.74, 6) is 1.30. The maximum atomic E-state index is 12.4. The number of rotatable bonds is 4. The van der Waals surface area contributed by atoms with Crippen molar-refractivity contribution < 1.29 is 14.3 Å². The molecule has 5 nitrogen and oxygen atoms in total. The summed E-state index contributed by atoms with van der Waals surface area (Å²) in [6.07, 6.45) is 2.40. The van der Waals surface area contributed by atoms with Gasteiger partial charge in [-0.3, -0.25) is 4.79 Å². The quantitative estimate of drug-likeness (QED) is 0.833. The third-order valence-electron chi connectivity index (χ3n) is 3.82. The summed E-state index contributed by atoms with van der Waals surface area (Å²) in [6, 6.07) is 4.81. The van der Waals surface area contributed by atoms with Crippen molar-refractivity contribution >= 4 is 5.78 Å². The normalized spacial score (nSPS) is 19.9. The van der Waals surface area contributed by atoms with Gasteiger partial charge in [0.2, 0.25) is 0 Å². The summed E-state index contributed by atoms with van der Waals surface area (Å²) in [5, 5.41) is 0. The summed E-state index contributed by atoms with van der Waals surface area (Å²) in [4.78, 5) is 14.6. The largest absolute Gasteiger partial charge is 0.486 e. The molecule has 1 fully saturated rings. The van der Waals surface area contributed by atoms with Crippen molar-refractivity contribution in [3.8, 4) is 11.5 Å². The lowest BCUT2D eigenvalue weighted by Crippen LogP contribution is -2.41. The molecule has 0 aliphatic carbocycles. The average molecular weight is 276 g/mol. The van der Waals surface area contributed by atoms with E-state index in [0.717, 1.165) is 13.1 Å². The zero-order chi connectivity index (χ0) is 13.9. The monoisotopic (exact) mass is 276 g/mol. The summed E-state index contributed by atoms with van der Waals surface area (Å²) < 4.78 is 10.9. The van der Waals surface area contributed by atoms with Gasteiger partial charge in [-0.25, -0.2) is 0 Å². The predicted molar refractivity (Wildman–Crippen MR) is 75.4 cm³/mol. The van der Waals surface area contributed by atoms with Crippen LogP contribution in [0.15, 0.2) is 18.2 Å². The molecule has 2 heterocycles. The molecule has 108 valence electrons. The Balaban J connectivity index is 1.69. The summed E-state index contributed by atoms with van der Waals surface area (Å²) in [5.41, 5.74) is 6.64. The molecule has 3 rings (SSSR count). The number of nitrogens with zero attached hydrogens (tertiary/aromatic N) is 1. The molecular formula is C15H20N2O3. The minimum absolute atomic E-state index is 0.0335. The first-order valence-electron chi connectivity index (χ1n) is 7.16. The Morgan fingerprint density at radius 2 is 1.90 bits per heavy atom. The van der Waals surface area contributed by atoms with Crippen molar-refractivity contribution in [2.45, 2.75) is 18.9 Å². The van der Waals surface area contributed by atoms with E-state index < -0.39 is 6.04 Å². The van der Waals surface area contributed by atoms with E-state index in [1.165, 1.54) is 12.8 Å². The number of nitrogens with two attached hydrogens (primary N) is 1. The minimum Gasteiger partial charge on any atom is -0.486 e. The Morgan fingerprint density at radius 1 is 1.20 bits per heavy atom. The Hall–Kier alpha value is -1.59. The molecule has 5 heteroatoms. The molecule has 2 aliphatic rings. The molecule has 1 aromatic carbocycles. The number of hydrogen-bond acceptors (Lipinski definition) is 5. The molecule has 0 bridgehead atoms. The molecule has 0 saturated carbocycles. The maximum Gasteiger partial charge on any atom is 0.180 e. The molecule has 1 saturated heterocycles. The van der Waals surface area contributed by atoms with Crippen LogP contribution in [0.3, 0.4) is 0 Å². The Kier molecular flexibility index (Phi) is 3.89. The van der Waals surface area contributed by atoms with Crippen LogP contribution in [0.25, 0.3) is 0 Å². The van der Waals surface area contributed by atoms with Crippen molar-refractivity contribution in [2.75, 3.05) is 32.8 Å². The Bertz CT molecular complexity index is 498. The van der Waals surface area contributed by atoms with Crippen LogP contribution < -0.4 is 15.2 Å². The van der Waals surface area contributed by atoms with E-state index in [-0.39, 0.29) is 5.78 Å². The molecule has 0 aromatic heterocycles. The number of ketones is 1. The highest BCUT2D eigenvalue weighted by atomic mass is 16.6. The molecule has 0 spiro atoms. The molecule has 2 N–H and O–H groups in total. The van der Waals surface area contributed by atoms with Crippen LogP contribution in [-0.2, 0) is 0 Å². The van der Waals surface area contributed by atoms with Crippen LogP contribution in [-0.4, -0.2) is 49.6 Å². The molecule has 0 radical (unpaired) electrons. The van der Waals surface area contributed by atoms with Gasteiger partial charge in [-0.1, -0.05) is 0 Å². The van der Waals surface area contributed by atoms with E-state index in [2.05, 4.69) is 4.90 Å². The third-order valence-corrected chi connectivity index (χ3v) is 3.82. The zero-order valence-electron chi connectivity index (χ0n) is 11.5. The van der Waals surface area contributed by atoms with E-state index in [1.54, 1.807) is 18.2 Å². The van der Waals surface area contributed by atoms with Gasteiger partial charge >= 0.3 is 0 Å². The summed E-state index contributed by atoms with van der Waals surface area (Å²) in [6.45, 7) is 3.79. The number of likely N-dealkylation sites (tertiary alicyclic amines) is 1. The van der Waals surface area contributed by atoms with Gasteiger partial charge < -0.3 is 20.1 Å². The summed E-state index contributed by atoms with van der Waals surface area (Å²) in [7, 11) is 0. The standard InChI is InChI=1S/C15H20N2O3/c16-12(10-17-5-1-2-6-17)15(18)11-3-4-13-14(9-11)20-8-7-19-13/h3-4,9,12H,1-2,5-8,10,16H2/t12-/m1/s1. The van der Waals surface area contributed by atoms with Gasteiger partial charge in [0.15, 0.2) is 17.3 Å². The fourth-order valence-electron chi connectivity index (χ4n) is 2.74. The number of hydrogen-bond donors (Lipinski definition) is 1. The second kappa shape index (κ2) is 5.81. The van der Waals surface area contributed by atoms with Crippen LogP contribution >= 0.6 is 0 Å². The number of fused-ring (bicyclic) bond motifs is 1. The van der Waals surface area contributed by atoms with Crippen molar-refractivity contribution in [3.05, 3.63) is 23.8 Å².